The van der Waals surface area contributed by atoms with Gasteiger partial charge in [-0.1, -0.05) is 13.8 Å². The van der Waals surface area contributed by atoms with Crippen molar-refractivity contribution in [2.24, 2.45) is 11.8 Å². The minimum Gasteiger partial charge on any atom is -0.455 e. The van der Waals surface area contributed by atoms with Crippen molar-refractivity contribution >= 4 is 23.9 Å². The highest BCUT2D eigenvalue weighted by Crippen LogP contribution is 2.31. The first kappa shape index (κ1) is 34.7. The van der Waals surface area contributed by atoms with Gasteiger partial charge in [-0.2, -0.15) is 0 Å². The summed E-state index contributed by atoms with van der Waals surface area (Å²) in [5.41, 5.74) is 0. The van der Waals surface area contributed by atoms with E-state index in [9.17, 15) is 19.2 Å². The topological polar surface area (TPSA) is 194 Å². The maximum absolute atomic E-state index is 10.9. The summed E-state index contributed by atoms with van der Waals surface area (Å²) in [6, 6.07) is 0. The van der Waals surface area contributed by atoms with Crippen LogP contribution in [0.4, 0.5) is 0 Å². The molecule has 226 valence electrons. The van der Waals surface area contributed by atoms with Gasteiger partial charge in [-0.05, 0) is 20.8 Å². The summed E-state index contributed by atoms with van der Waals surface area (Å²) in [6.07, 6.45) is -6.60. The third kappa shape index (κ3) is 10.6. The van der Waals surface area contributed by atoms with Crippen molar-refractivity contribution in [1.29, 1.82) is 0 Å². The molecule has 3 heterocycles. The van der Waals surface area contributed by atoms with Crippen LogP contribution in [0.5, 0.6) is 0 Å². The zero-order chi connectivity index (χ0) is 30.2. The molecule has 0 aliphatic carbocycles. The van der Waals surface area contributed by atoms with Gasteiger partial charge < -0.3 is 48.5 Å². The van der Waals surface area contributed by atoms with Gasteiger partial charge in [0.05, 0.1) is 18.3 Å². The molecule has 3 aliphatic rings. The summed E-state index contributed by atoms with van der Waals surface area (Å²) in [4.78, 5) is 43.3. The molecule has 0 bridgehead atoms. The summed E-state index contributed by atoms with van der Waals surface area (Å²) >= 11 is 0. The Balaban J connectivity index is 0.000000302. The number of carbonyl (C=O) groups excluding carboxylic acids is 4. The van der Waals surface area contributed by atoms with Crippen LogP contribution in [0.2, 0.25) is 0 Å². The Morgan fingerprint density at radius 1 is 0.513 bits per heavy atom. The second-order valence-corrected chi connectivity index (χ2v) is 9.72. The summed E-state index contributed by atoms with van der Waals surface area (Å²) in [7, 11) is 0. The lowest BCUT2D eigenvalue weighted by molar-refractivity contribution is -0.193. The minimum atomic E-state index is -1.23. The fourth-order valence-electron chi connectivity index (χ4n) is 3.91. The van der Waals surface area contributed by atoms with E-state index >= 15 is 0 Å². The van der Waals surface area contributed by atoms with Crippen molar-refractivity contribution in [3.8, 4) is 0 Å². The number of ether oxygens (including phenoxy) is 7. The highest BCUT2D eigenvalue weighted by molar-refractivity contribution is 5.68. The lowest BCUT2D eigenvalue weighted by atomic mass is 10.0. The number of rotatable bonds is 4. The number of esters is 4. The largest absolute Gasteiger partial charge is 0.455 e. The van der Waals surface area contributed by atoms with Crippen LogP contribution in [0, 0.1) is 11.8 Å². The molecule has 0 amide bonds. The summed E-state index contributed by atoms with van der Waals surface area (Å²) in [6.45, 7) is 14.3. The molecule has 12 atom stereocenters. The van der Waals surface area contributed by atoms with Gasteiger partial charge in [0.25, 0.3) is 0 Å². The third-order valence-electron chi connectivity index (χ3n) is 6.40. The van der Waals surface area contributed by atoms with E-state index in [0.717, 1.165) is 0 Å². The maximum atomic E-state index is 10.9. The predicted molar refractivity (Wildman–Crippen MR) is 130 cm³/mol. The molecule has 0 aromatic heterocycles. The van der Waals surface area contributed by atoms with E-state index in [0.29, 0.717) is 0 Å². The number of carbonyl (C=O) groups is 4. The van der Waals surface area contributed by atoms with Crippen LogP contribution >= 0.6 is 0 Å². The molecule has 3 saturated heterocycles. The zero-order valence-corrected chi connectivity index (χ0v) is 23.8. The van der Waals surface area contributed by atoms with Crippen molar-refractivity contribution in [2.75, 3.05) is 0 Å². The van der Waals surface area contributed by atoms with Crippen molar-refractivity contribution in [2.45, 2.75) is 124 Å². The molecule has 14 heteroatoms. The molecule has 0 radical (unpaired) electrons. The van der Waals surface area contributed by atoms with Gasteiger partial charge in [-0.25, -0.2) is 0 Å². The Kier molecular flexibility index (Phi) is 13.7. The second kappa shape index (κ2) is 15.4. The quantitative estimate of drug-likeness (QED) is 0.308. The average Bonchev–Trinajstić information content (AvgIpc) is 3.30. The monoisotopic (exact) mass is 566 g/mol. The summed E-state index contributed by atoms with van der Waals surface area (Å²) in [5, 5.41) is 26.4. The number of hydrogen-bond acceptors (Lipinski definition) is 14. The van der Waals surface area contributed by atoms with Crippen LogP contribution in [0.3, 0.4) is 0 Å². The molecule has 9 unspecified atom stereocenters. The van der Waals surface area contributed by atoms with Crippen molar-refractivity contribution in [3.63, 3.8) is 0 Å². The Morgan fingerprint density at radius 2 is 0.846 bits per heavy atom. The lowest BCUT2D eigenvalue weighted by Crippen LogP contribution is -2.33. The van der Waals surface area contributed by atoms with E-state index in [2.05, 4.69) is 4.74 Å². The van der Waals surface area contributed by atoms with Gasteiger partial charge in [0.2, 0.25) is 12.6 Å². The normalized spacial score (nSPS) is 38.9. The van der Waals surface area contributed by atoms with Gasteiger partial charge in [0.15, 0.2) is 18.5 Å². The van der Waals surface area contributed by atoms with Crippen molar-refractivity contribution < 1.29 is 67.7 Å². The first-order valence-electron chi connectivity index (χ1n) is 12.7. The van der Waals surface area contributed by atoms with Gasteiger partial charge in [0, 0.05) is 39.5 Å². The van der Waals surface area contributed by atoms with Gasteiger partial charge in [-0.15, -0.1) is 0 Å². The SMILES string of the molecule is CC(=O)OC1OC(C)[C@H](C)C1OC(C)=O.CC(=O)OC1OC(C)[C@H](C)C1OC(C)=O.CC1OC(O)C(O)[C@H]1O. The summed E-state index contributed by atoms with van der Waals surface area (Å²) in [5.74, 6) is -1.67. The van der Waals surface area contributed by atoms with Gasteiger partial charge >= 0.3 is 23.9 Å². The molecule has 3 aliphatic heterocycles. The lowest BCUT2D eigenvalue weighted by Gasteiger charge is -2.19. The van der Waals surface area contributed by atoms with Crippen LogP contribution in [-0.2, 0) is 52.3 Å². The molecular formula is C25H42O14. The van der Waals surface area contributed by atoms with Crippen LogP contribution in [0.1, 0.15) is 62.3 Å². The standard InChI is InChI=1S/2C10H16O5.C5H10O4/c2*1-5-6(2)13-10(15-8(4)12)9(5)14-7(3)11;1-2-3(6)4(7)5(8)9-2/h2*5-6,9-10H,1-4H3;2-8H,1H3/t2*5-,6?,9?,10?;2?,3-,4?,5?/m000/s1. The van der Waals surface area contributed by atoms with Crippen LogP contribution < -0.4 is 0 Å². The Morgan fingerprint density at radius 3 is 1.05 bits per heavy atom. The van der Waals surface area contributed by atoms with E-state index < -0.39 is 73.3 Å². The second-order valence-electron chi connectivity index (χ2n) is 9.72. The Hall–Kier alpha value is -2.36. The molecule has 39 heavy (non-hydrogen) atoms. The smallest absolute Gasteiger partial charge is 0.305 e. The molecule has 3 rings (SSSR count). The Bertz CT molecular complexity index is 768. The zero-order valence-electron chi connectivity index (χ0n) is 23.8. The van der Waals surface area contributed by atoms with E-state index in [1.54, 1.807) is 6.92 Å². The highest BCUT2D eigenvalue weighted by Gasteiger charge is 2.45. The molecule has 0 aromatic carbocycles. The molecule has 0 saturated carbocycles. The minimum absolute atomic E-state index is 0.0123. The molecule has 0 aromatic rings. The van der Waals surface area contributed by atoms with E-state index in [-0.39, 0.29) is 24.0 Å². The van der Waals surface area contributed by atoms with Gasteiger partial charge in [-0.3, -0.25) is 19.2 Å². The predicted octanol–water partition coefficient (Wildman–Crippen LogP) is 0.170. The molecular weight excluding hydrogens is 524 g/mol. The average molecular weight is 567 g/mol. The third-order valence-corrected chi connectivity index (χ3v) is 6.40. The van der Waals surface area contributed by atoms with Crippen molar-refractivity contribution in [1.82, 2.24) is 0 Å². The molecule has 3 N–H and O–H groups in total. The van der Waals surface area contributed by atoms with Crippen LogP contribution in [0.15, 0.2) is 0 Å². The maximum Gasteiger partial charge on any atom is 0.305 e. The number of aliphatic hydroxyl groups is 3. The van der Waals surface area contributed by atoms with E-state index in [4.69, 9.17) is 43.7 Å². The molecule has 3 fully saturated rings. The highest BCUT2D eigenvalue weighted by atomic mass is 16.7. The van der Waals surface area contributed by atoms with E-state index in [1.807, 2.05) is 27.7 Å². The summed E-state index contributed by atoms with van der Waals surface area (Å²) < 4.78 is 35.4. The van der Waals surface area contributed by atoms with Crippen molar-refractivity contribution in [3.05, 3.63) is 0 Å². The molecule has 0 spiro atoms. The van der Waals surface area contributed by atoms with Gasteiger partial charge in [0.1, 0.15) is 12.2 Å². The number of aliphatic hydroxyl groups excluding tert-OH is 3. The first-order chi connectivity index (χ1) is 18.0. The fraction of sp³-hybridized carbons (Fsp3) is 0.840. The van der Waals surface area contributed by atoms with Crippen LogP contribution in [-0.4, -0.2) is 101 Å². The van der Waals surface area contributed by atoms with Crippen LogP contribution in [0.25, 0.3) is 0 Å². The Labute approximate surface area is 227 Å². The molecule has 14 nitrogen and oxygen atoms in total. The number of hydrogen-bond donors (Lipinski definition) is 3. The fourth-order valence-corrected chi connectivity index (χ4v) is 3.91. The van der Waals surface area contributed by atoms with E-state index in [1.165, 1.54) is 27.7 Å². The first-order valence-corrected chi connectivity index (χ1v) is 12.7.